The van der Waals surface area contributed by atoms with Crippen LogP contribution in [0.3, 0.4) is 0 Å². The minimum absolute atomic E-state index is 0.0954. The van der Waals surface area contributed by atoms with Crippen LogP contribution in [0.5, 0.6) is 0 Å². The van der Waals surface area contributed by atoms with Crippen molar-refractivity contribution in [2.75, 3.05) is 6.54 Å². The summed E-state index contributed by atoms with van der Waals surface area (Å²) in [6.07, 6.45) is 5.35. The number of nitrogens with two attached hydrogens (primary N) is 1. The summed E-state index contributed by atoms with van der Waals surface area (Å²) in [6.45, 7) is 0.626. The van der Waals surface area contributed by atoms with Crippen molar-refractivity contribution < 1.29 is 19.4 Å². The Bertz CT molecular complexity index is 646. The number of esters is 1. The zero-order valence-corrected chi connectivity index (χ0v) is 15.6. The van der Waals surface area contributed by atoms with Gasteiger partial charge in [0.05, 0.1) is 6.42 Å². The van der Waals surface area contributed by atoms with Gasteiger partial charge in [0.1, 0.15) is 0 Å². The van der Waals surface area contributed by atoms with Gasteiger partial charge in [-0.3, -0.25) is 15.8 Å². The fraction of sp³-hybridized carbons (Fsp3) is 0.579. The van der Waals surface area contributed by atoms with E-state index in [2.05, 4.69) is 5.32 Å². The highest BCUT2D eigenvalue weighted by Gasteiger charge is 2.55. The minimum Gasteiger partial charge on any atom is -0.481 e. The molecule has 1 heterocycles. The van der Waals surface area contributed by atoms with Crippen molar-refractivity contribution in [2.45, 2.75) is 60.8 Å². The van der Waals surface area contributed by atoms with Crippen LogP contribution in [0.2, 0.25) is 0 Å². The third-order valence-corrected chi connectivity index (χ3v) is 6.98. The maximum atomic E-state index is 12.9. The second-order valence-electron chi connectivity index (χ2n) is 7.19. The molecule has 0 aromatic heterocycles. The van der Waals surface area contributed by atoms with Gasteiger partial charge in [0.15, 0.2) is 11.1 Å². The van der Waals surface area contributed by atoms with Crippen molar-refractivity contribution in [2.24, 2.45) is 5.73 Å². The van der Waals surface area contributed by atoms with Crippen LogP contribution >= 0.6 is 11.8 Å². The Kier molecular flexibility index (Phi) is 5.89. The number of carbonyl (C=O) groups is 2. The molecule has 7 heteroatoms. The van der Waals surface area contributed by atoms with E-state index in [1.165, 1.54) is 24.6 Å². The number of ether oxygens (including phenoxy) is 1. The van der Waals surface area contributed by atoms with Gasteiger partial charge >= 0.3 is 11.9 Å². The highest BCUT2D eigenvalue weighted by molar-refractivity contribution is 8.03. The van der Waals surface area contributed by atoms with E-state index in [4.69, 9.17) is 10.5 Å². The molecule has 0 amide bonds. The van der Waals surface area contributed by atoms with Gasteiger partial charge in [0.25, 0.3) is 0 Å². The summed E-state index contributed by atoms with van der Waals surface area (Å²) >= 11 is 1.45. The largest absolute Gasteiger partial charge is 0.481 e. The Morgan fingerprint density at radius 3 is 2.46 bits per heavy atom. The number of hydrogen-bond donors (Lipinski definition) is 3. The number of aliphatic carboxylic acids is 1. The van der Waals surface area contributed by atoms with Gasteiger partial charge in [-0.15, -0.1) is 11.8 Å². The molecule has 0 radical (unpaired) electrons. The number of thioether (sulfide) groups is 1. The second kappa shape index (κ2) is 7.98. The van der Waals surface area contributed by atoms with Crippen molar-refractivity contribution in [3.8, 4) is 0 Å². The summed E-state index contributed by atoms with van der Waals surface area (Å²) in [6, 6.07) is 9.06. The number of rotatable bonds is 5. The third kappa shape index (κ3) is 4.22. The van der Waals surface area contributed by atoms with E-state index in [-0.39, 0.29) is 11.2 Å². The Morgan fingerprint density at radius 1 is 1.19 bits per heavy atom. The lowest BCUT2D eigenvalue weighted by Gasteiger charge is -2.30. The summed E-state index contributed by atoms with van der Waals surface area (Å²) in [7, 11) is 0. The van der Waals surface area contributed by atoms with Crippen LogP contribution < -0.4 is 11.1 Å². The molecule has 1 spiro atoms. The first-order chi connectivity index (χ1) is 12.4. The molecule has 1 aliphatic heterocycles. The standard InChI is InChI=1S/C19H26N2O4S/c20-16(14-8-4-3-5-9-14)25-17(24)19(12-15(22)23)21-13-18(26-19)10-6-1-2-7-11-18/h3-5,8-9,16,21H,1-2,6-7,10-13,20H2,(H,22,23). The van der Waals surface area contributed by atoms with E-state index in [0.29, 0.717) is 12.1 Å². The summed E-state index contributed by atoms with van der Waals surface area (Å²) in [4.78, 5) is 23.1. The number of benzene rings is 1. The highest BCUT2D eigenvalue weighted by Crippen LogP contribution is 2.50. The number of carboxylic acids is 1. The number of hydrogen-bond acceptors (Lipinski definition) is 6. The molecule has 0 bridgehead atoms. The van der Waals surface area contributed by atoms with Gasteiger partial charge in [-0.25, -0.2) is 4.79 Å². The highest BCUT2D eigenvalue weighted by atomic mass is 32.2. The monoisotopic (exact) mass is 378 g/mol. The van der Waals surface area contributed by atoms with Crippen LogP contribution in [0.1, 0.15) is 56.7 Å². The lowest BCUT2D eigenvalue weighted by molar-refractivity contribution is -0.156. The third-order valence-electron chi connectivity index (χ3n) is 5.19. The Balaban J connectivity index is 1.77. The summed E-state index contributed by atoms with van der Waals surface area (Å²) in [5, 5.41) is 12.6. The van der Waals surface area contributed by atoms with Crippen LogP contribution in [-0.4, -0.2) is 33.2 Å². The normalized spacial score (nSPS) is 26.2. The molecule has 2 fully saturated rings. The van der Waals surface area contributed by atoms with Crippen molar-refractivity contribution in [3.05, 3.63) is 35.9 Å². The summed E-state index contributed by atoms with van der Waals surface area (Å²) in [5.74, 6) is -1.62. The SMILES string of the molecule is NC(OC(=O)C1(CC(=O)O)NCC2(CCCCCC2)S1)c1ccccc1. The average Bonchev–Trinajstić information content (AvgIpc) is 2.82. The van der Waals surface area contributed by atoms with E-state index in [1.54, 1.807) is 12.1 Å². The molecule has 2 aliphatic rings. The molecular weight excluding hydrogens is 352 g/mol. The molecule has 3 rings (SSSR count). The summed E-state index contributed by atoms with van der Waals surface area (Å²) in [5.41, 5.74) is 6.70. The predicted octanol–water partition coefficient (Wildman–Crippen LogP) is 2.79. The van der Waals surface area contributed by atoms with Crippen molar-refractivity contribution >= 4 is 23.7 Å². The van der Waals surface area contributed by atoms with Crippen molar-refractivity contribution in [1.29, 1.82) is 0 Å². The van der Waals surface area contributed by atoms with Crippen LogP contribution in [0.25, 0.3) is 0 Å². The van der Waals surface area contributed by atoms with Crippen LogP contribution in [0, 0.1) is 0 Å². The van der Waals surface area contributed by atoms with Gasteiger partial charge < -0.3 is 9.84 Å². The molecule has 1 saturated carbocycles. The number of carbonyl (C=O) groups excluding carboxylic acids is 1. The smallest absolute Gasteiger partial charge is 0.339 e. The average molecular weight is 378 g/mol. The van der Waals surface area contributed by atoms with Crippen LogP contribution in [0.15, 0.2) is 30.3 Å². The van der Waals surface area contributed by atoms with Crippen molar-refractivity contribution in [1.82, 2.24) is 5.32 Å². The fourth-order valence-corrected chi connectivity index (χ4v) is 5.66. The van der Waals surface area contributed by atoms with Gasteiger partial charge in [-0.1, -0.05) is 56.0 Å². The molecule has 1 aromatic carbocycles. The molecule has 26 heavy (non-hydrogen) atoms. The van der Waals surface area contributed by atoms with E-state index < -0.39 is 23.0 Å². The minimum atomic E-state index is -1.28. The quantitative estimate of drug-likeness (QED) is 0.535. The molecule has 4 N–H and O–H groups in total. The molecular formula is C19H26N2O4S. The first-order valence-electron chi connectivity index (χ1n) is 9.13. The fourth-order valence-electron chi connectivity index (χ4n) is 3.82. The molecule has 6 nitrogen and oxygen atoms in total. The first-order valence-corrected chi connectivity index (χ1v) is 9.95. The van der Waals surface area contributed by atoms with Gasteiger partial charge in [-0.2, -0.15) is 0 Å². The molecule has 1 aliphatic carbocycles. The summed E-state index contributed by atoms with van der Waals surface area (Å²) < 4.78 is 5.39. The Morgan fingerprint density at radius 2 is 1.85 bits per heavy atom. The van der Waals surface area contributed by atoms with Crippen LogP contribution in [0.4, 0.5) is 0 Å². The van der Waals surface area contributed by atoms with Gasteiger partial charge in [0.2, 0.25) is 0 Å². The maximum Gasteiger partial charge on any atom is 0.339 e. The molecule has 2 unspecified atom stereocenters. The van der Waals surface area contributed by atoms with E-state index in [1.807, 2.05) is 18.2 Å². The van der Waals surface area contributed by atoms with E-state index in [0.717, 1.165) is 25.7 Å². The van der Waals surface area contributed by atoms with Crippen molar-refractivity contribution in [3.63, 3.8) is 0 Å². The first kappa shape index (κ1) is 19.2. The van der Waals surface area contributed by atoms with E-state index in [9.17, 15) is 14.7 Å². The van der Waals surface area contributed by atoms with E-state index >= 15 is 0 Å². The van der Waals surface area contributed by atoms with Crippen LogP contribution in [-0.2, 0) is 14.3 Å². The molecule has 2 atom stereocenters. The molecule has 1 aromatic rings. The molecule has 1 saturated heterocycles. The number of carboxylic acid groups (broad SMARTS) is 1. The maximum absolute atomic E-state index is 12.9. The zero-order chi connectivity index (χ0) is 18.6. The van der Waals surface area contributed by atoms with Gasteiger partial charge in [0, 0.05) is 16.9 Å². The zero-order valence-electron chi connectivity index (χ0n) is 14.8. The second-order valence-corrected chi connectivity index (χ2v) is 8.95. The Hall–Kier alpha value is -1.57. The topological polar surface area (TPSA) is 102 Å². The number of nitrogens with one attached hydrogen (secondary N) is 1. The predicted molar refractivity (Wildman–Crippen MR) is 100 cm³/mol. The Labute approximate surface area is 157 Å². The lowest BCUT2D eigenvalue weighted by atomic mass is 9.99. The molecule has 142 valence electrons. The lowest BCUT2D eigenvalue weighted by Crippen LogP contribution is -2.48. The van der Waals surface area contributed by atoms with Gasteiger partial charge in [-0.05, 0) is 12.8 Å².